The zero-order valence-electron chi connectivity index (χ0n) is 12.4. The molecule has 0 aromatic carbocycles. The van der Waals surface area contributed by atoms with Gasteiger partial charge in [0.15, 0.2) is 5.78 Å². The number of carboxylic acid groups (broad SMARTS) is 1. The summed E-state index contributed by atoms with van der Waals surface area (Å²) in [6, 6.07) is -0.155. The second-order valence-corrected chi connectivity index (χ2v) is 5.75. The summed E-state index contributed by atoms with van der Waals surface area (Å²) in [6.45, 7) is 5.77. The summed E-state index contributed by atoms with van der Waals surface area (Å²) in [7, 11) is 0. The van der Waals surface area contributed by atoms with E-state index in [-0.39, 0.29) is 30.6 Å². The number of carbonyl (C=O) groups excluding carboxylic acids is 2. The van der Waals surface area contributed by atoms with Crippen LogP contribution in [0.15, 0.2) is 0 Å². The lowest BCUT2D eigenvalue weighted by Crippen LogP contribution is -2.48. The Balaban J connectivity index is 2.48. The number of nitrogens with zero attached hydrogens (tertiary/aromatic N) is 1. The molecule has 1 aliphatic carbocycles. The van der Waals surface area contributed by atoms with Gasteiger partial charge in [0.05, 0.1) is 19.0 Å². The van der Waals surface area contributed by atoms with Crippen molar-refractivity contribution in [3.63, 3.8) is 0 Å². The Kier molecular flexibility index (Phi) is 6.13. The van der Waals surface area contributed by atoms with Crippen LogP contribution in [0.5, 0.6) is 0 Å². The first-order chi connectivity index (χ1) is 9.31. The smallest absolute Gasteiger partial charge is 0.304 e. The number of nitrogens with one attached hydrogen (secondary N) is 1. The van der Waals surface area contributed by atoms with Gasteiger partial charge in [-0.15, -0.1) is 0 Å². The molecule has 1 fully saturated rings. The van der Waals surface area contributed by atoms with E-state index in [0.29, 0.717) is 12.6 Å². The van der Waals surface area contributed by atoms with Crippen LogP contribution in [-0.2, 0) is 14.4 Å². The molecule has 1 rings (SSSR count). The first-order valence-electron chi connectivity index (χ1n) is 7.07. The quantitative estimate of drug-likeness (QED) is 0.649. The molecule has 0 aromatic rings. The second-order valence-electron chi connectivity index (χ2n) is 5.75. The number of rotatable bonds is 9. The highest BCUT2D eigenvalue weighted by molar-refractivity contribution is 5.88. The monoisotopic (exact) mass is 284 g/mol. The highest BCUT2D eigenvalue weighted by Crippen LogP contribution is 2.26. The summed E-state index contributed by atoms with van der Waals surface area (Å²) in [5, 5.41) is 11.5. The maximum atomic E-state index is 12.0. The van der Waals surface area contributed by atoms with E-state index in [1.807, 2.05) is 18.7 Å². The molecule has 6 heteroatoms. The SMILES string of the molecule is CC(=O)C(NC(=O)CN(CCC(=O)O)C1CC1)C(C)C. The molecule has 0 aromatic heterocycles. The molecule has 0 saturated heterocycles. The minimum atomic E-state index is -0.861. The number of carbonyl (C=O) groups is 3. The highest BCUT2D eigenvalue weighted by Gasteiger charge is 2.31. The Morgan fingerprint density at radius 1 is 1.30 bits per heavy atom. The highest BCUT2D eigenvalue weighted by atomic mass is 16.4. The summed E-state index contributed by atoms with van der Waals surface area (Å²) in [6.07, 6.45) is 2.05. The average Bonchev–Trinajstić information content (AvgIpc) is 3.14. The first kappa shape index (κ1) is 16.6. The molecule has 20 heavy (non-hydrogen) atoms. The van der Waals surface area contributed by atoms with Crippen LogP contribution in [0.3, 0.4) is 0 Å². The van der Waals surface area contributed by atoms with Crippen molar-refractivity contribution in [2.24, 2.45) is 5.92 Å². The van der Waals surface area contributed by atoms with Gasteiger partial charge in [0.1, 0.15) is 0 Å². The van der Waals surface area contributed by atoms with Gasteiger partial charge in [-0.05, 0) is 25.7 Å². The van der Waals surface area contributed by atoms with Gasteiger partial charge in [-0.1, -0.05) is 13.8 Å². The van der Waals surface area contributed by atoms with Gasteiger partial charge in [-0.25, -0.2) is 0 Å². The molecular weight excluding hydrogens is 260 g/mol. The molecule has 6 nitrogen and oxygen atoms in total. The van der Waals surface area contributed by atoms with Crippen molar-refractivity contribution in [3.05, 3.63) is 0 Å². The van der Waals surface area contributed by atoms with Crippen LogP contribution in [0, 0.1) is 5.92 Å². The van der Waals surface area contributed by atoms with Crippen LogP contribution >= 0.6 is 0 Å². The molecule has 0 radical (unpaired) electrons. The van der Waals surface area contributed by atoms with Crippen molar-refractivity contribution in [2.75, 3.05) is 13.1 Å². The van der Waals surface area contributed by atoms with Crippen LogP contribution in [0.1, 0.15) is 40.0 Å². The van der Waals surface area contributed by atoms with Gasteiger partial charge in [0, 0.05) is 12.6 Å². The van der Waals surface area contributed by atoms with Gasteiger partial charge in [-0.3, -0.25) is 19.3 Å². The van der Waals surface area contributed by atoms with E-state index < -0.39 is 12.0 Å². The van der Waals surface area contributed by atoms with Gasteiger partial charge in [-0.2, -0.15) is 0 Å². The molecule has 0 heterocycles. The second kappa shape index (κ2) is 7.38. The van der Waals surface area contributed by atoms with E-state index in [2.05, 4.69) is 5.32 Å². The van der Waals surface area contributed by atoms with E-state index in [1.165, 1.54) is 6.92 Å². The van der Waals surface area contributed by atoms with Crippen molar-refractivity contribution < 1.29 is 19.5 Å². The fourth-order valence-electron chi connectivity index (χ4n) is 2.21. The zero-order chi connectivity index (χ0) is 15.3. The van der Waals surface area contributed by atoms with Crippen molar-refractivity contribution in [3.8, 4) is 0 Å². The number of carboxylic acids is 1. The molecule has 114 valence electrons. The number of aliphatic carboxylic acids is 1. The van der Waals surface area contributed by atoms with Crippen molar-refractivity contribution in [1.29, 1.82) is 0 Å². The third kappa shape index (κ3) is 5.69. The minimum Gasteiger partial charge on any atom is -0.481 e. The van der Waals surface area contributed by atoms with Gasteiger partial charge < -0.3 is 10.4 Å². The van der Waals surface area contributed by atoms with Crippen LogP contribution in [0.4, 0.5) is 0 Å². The zero-order valence-corrected chi connectivity index (χ0v) is 12.4. The molecule has 1 aliphatic rings. The fraction of sp³-hybridized carbons (Fsp3) is 0.786. The number of Topliss-reactive ketones (excluding diaryl/α,β-unsaturated/α-hetero) is 1. The molecule has 2 N–H and O–H groups in total. The number of amides is 1. The van der Waals surface area contributed by atoms with Gasteiger partial charge >= 0.3 is 5.97 Å². The Morgan fingerprint density at radius 3 is 2.30 bits per heavy atom. The van der Waals surface area contributed by atoms with Crippen molar-refractivity contribution >= 4 is 17.7 Å². The predicted octanol–water partition coefficient (Wildman–Crippen LogP) is 0.655. The molecular formula is C14H24N2O4. The lowest BCUT2D eigenvalue weighted by Gasteiger charge is -2.24. The maximum Gasteiger partial charge on any atom is 0.304 e. The van der Waals surface area contributed by atoms with Crippen LogP contribution in [-0.4, -0.2) is 52.8 Å². The summed E-state index contributed by atoms with van der Waals surface area (Å²) < 4.78 is 0. The average molecular weight is 284 g/mol. The fourth-order valence-corrected chi connectivity index (χ4v) is 2.21. The molecule has 1 saturated carbocycles. The largest absolute Gasteiger partial charge is 0.481 e. The van der Waals surface area contributed by atoms with E-state index in [1.54, 1.807) is 0 Å². The Hall–Kier alpha value is -1.43. The summed E-state index contributed by atoms with van der Waals surface area (Å²) >= 11 is 0. The number of hydrogen-bond donors (Lipinski definition) is 2. The first-order valence-corrected chi connectivity index (χ1v) is 7.07. The summed E-state index contributed by atoms with van der Waals surface area (Å²) in [4.78, 5) is 36.0. The van der Waals surface area contributed by atoms with Gasteiger partial charge in [0.2, 0.25) is 5.91 Å². The van der Waals surface area contributed by atoms with E-state index in [4.69, 9.17) is 5.11 Å². The Morgan fingerprint density at radius 2 is 1.90 bits per heavy atom. The molecule has 0 spiro atoms. The normalized spacial score (nSPS) is 16.2. The molecule has 0 bridgehead atoms. The molecule has 1 unspecified atom stereocenters. The number of hydrogen-bond acceptors (Lipinski definition) is 4. The number of ketones is 1. The maximum absolute atomic E-state index is 12.0. The summed E-state index contributed by atoms with van der Waals surface area (Å²) in [5.41, 5.74) is 0. The van der Waals surface area contributed by atoms with E-state index in [0.717, 1.165) is 12.8 Å². The van der Waals surface area contributed by atoms with Crippen LogP contribution < -0.4 is 5.32 Å². The minimum absolute atomic E-state index is 0.0318. The third-order valence-electron chi connectivity index (χ3n) is 3.44. The Labute approximate surface area is 119 Å². The van der Waals surface area contributed by atoms with Crippen LogP contribution in [0.25, 0.3) is 0 Å². The molecule has 0 aliphatic heterocycles. The predicted molar refractivity (Wildman–Crippen MR) is 74.3 cm³/mol. The van der Waals surface area contributed by atoms with Crippen molar-refractivity contribution in [1.82, 2.24) is 10.2 Å². The van der Waals surface area contributed by atoms with Gasteiger partial charge in [0.25, 0.3) is 0 Å². The topological polar surface area (TPSA) is 86.7 Å². The molecule has 1 atom stereocenters. The van der Waals surface area contributed by atoms with Crippen LogP contribution in [0.2, 0.25) is 0 Å². The third-order valence-corrected chi connectivity index (χ3v) is 3.44. The van der Waals surface area contributed by atoms with E-state index >= 15 is 0 Å². The lowest BCUT2D eigenvalue weighted by atomic mass is 10.0. The summed E-state index contributed by atoms with van der Waals surface area (Å²) in [5.74, 6) is -1.09. The van der Waals surface area contributed by atoms with E-state index in [9.17, 15) is 14.4 Å². The standard InChI is InChI=1S/C14H24N2O4/c1-9(2)14(10(3)17)15-12(18)8-16(11-4-5-11)7-6-13(19)20/h9,11,14H,4-8H2,1-3H3,(H,15,18)(H,19,20). The molecule has 1 amide bonds. The Bertz CT molecular complexity index is 377. The lowest BCUT2D eigenvalue weighted by molar-refractivity contribution is -0.137. The van der Waals surface area contributed by atoms with Crippen molar-refractivity contribution in [2.45, 2.75) is 52.1 Å².